The number of anilines is 1. The van der Waals surface area contributed by atoms with Gasteiger partial charge in [0.2, 0.25) is 15.9 Å². The van der Waals surface area contributed by atoms with E-state index >= 15 is 0 Å². The molecule has 5 nitrogen and oxygen atoms in total. The number of likely N-dealkylation sites (N-methyl/N-ethyl adjacent to an activating group) is 1. The molecule has 0 spiro atoms. The van der Waals surface area contributed by atoms with E-state index in [2.05, 4.69) is 5.32 Å². The van der Waals surface area contributed by atoms with E-state index in [1.165, 1.54) is 31.3 Å². The van der Waals surface area contributed by atoms with Gasteiger partial charge in [0.05, 0.1) is 27.2 Å². The lowest BCUT2D eigenvalue weighted by Gasteiger charge is -2.17. The monoisotopic (exact) mass is 406 g/mol. The second-order valence-corrected chi connectivity index (χ2v) is 8.16. The predicted molar refractivity (Wildman–Crippen MR) is 96.4 cm³/mol. The lowest BCUT2D eigenvalue weighted by molar-refractivity contribution is -0.116. The average Bonchev–Trinajstić information content (AvgIpc) is 2.51. The topological polar surface area (TPSA) is 66.5 Å². The van der Waals surface area contributed by atoms with Crippen LogP contribution in [0.4, 0.5) is 5.69 Å². The van der Waals surface area contributed by atoms with Crippen LogP contribution >= 0.6 is 34.8 Å². The first-order valence-electron chi connectivity index (χ1n) is 6.67. The highest BCUT2D eigenvalue weighted by Crippen LogP contribution is 2.29. The van der Waals surface area contributed by atoms with Gasteiger partial charge >= 0.3 is 0 Å². The average molecular weight is 408 g/mol. The van der Waals surface area contributed by atoms with E-state index in [1.807, 2.05) is 0 Å². The maximum Gasteiger partial charge on any atom is 0.243 e. The number of rotatable bonds is 5. The van der Waals surface area contributed by atoms with Gasteiger partial charge in [-0.25, -0.2) is 8.42 Å². The van der Waals surface area contributed by atoms with Crippen molar-refractivity contribution in [2.75, 3.05) is 18.9 Å². The van der Waals surface area contributed by atoms with Crippen molar-refractivity contribution in [1.82, 2.24) is 4.31 Å². The summed E-state index contributed by atoms with van der Waals surface area (Å²) in [5.41, 5.74) is 0.239. The van der Waals surface area contributed by atoms with Crippen LogP contribution in [0, 0.1) is 0 Å². The van der Waals surface area contributed by atoms with Crippen molar-refractivity contribution in [3.63, 3.8) is 0 Å². The zero-order chi connectivity index (χ0) is 17.9. The first-order chi connectivity index (χ1) is 11.2. The first-order valence-corrected chi connectivity index (χ1v) is 9.25. The molecule has 0 atom stereocenters. The Bertz CT molecular complexity index is 835. The van der Waals surface area contributed by atoms with Gasteiger partial charge in [-0.15, -0.1) is 0 Å². The molecule has 128 valence electrons. The van der Waals surface area contributed by atoms with Gasteiger partial charge in [-0.2, -0.15) is 4.31 Å². The van der Waals surface area contributed by atoms with Gasteiger partial charge in [-0.05, 0) is 36.4 Å². The van der Waals surface area contributed by atoms with Crippen LogP contribution in [0.15, 0.2) is 47.4 Å². The summed E-state index contributed by atoms with van der Waals surface area (Å²) in [6.07, 6.45) is 0. The summed E-state index contributed by atoms with van der Waals surface area (Å²) in [4.78, 5) is 12.1. The second kappa shape index (κ2) is 7.72. The maximum absolute atomic E-state index is 12.4. The molecule has 0 aliphatic carbocycles. The van der Waals surface area contributed by atoms with E-state index in [0.29, 0.717) is 5.02 Å². The summed E-state index contributed by atoms with van der Waals surface area (Å²) in [7, 11) is -2.51. The molecule has 0 unspecified atom stereocenters. The van der Waals surface area contributed by atoms with E-state index in [9.17, 15) is 13.2 Å². The number of para-hydroxylation sites is 1. The van der Waals surface area contributed by atoms with Crippen molar-refractivity contribution in [1.29, 1.82) is 0 Å². The van der Waals surface area contributed by atoms with Gasteiger partial charge < -0.3 is 5.32 Å². The van der Waals surface area contributed by atoms with E-state index in [0.717, 1.165) is 4.31 Å². The van der Waals surface area contributed by atoms with Crippen molar-refractivity contribution in [3.05, 3.63) is 57.5 Å². The molecule has 1 N–H and O–H groups in total. The van der Waals surface area contributed by atoms with Crippen LogP contribution in [0.25, 0.3) is 0 Å². The second-order valence-electron chi connectivity index (χ2n) is 4.86. The van der Waals surface area contributed by atoms with Crippen LogP contribution < -0.4 is 5.32 Å². The minimum absolute atomic E-state index is 0.0398. The minimum atomic E-state index is -3.82. The number of carbonyl (C=O) groups excluding carboxylic acids is 1. The zero-order valence-electron chi connectivity index (χ0n) is 12.5. The summed E-state index contributed by atoms with van der Waals surface area (Å²) in [6.45, 7) is -0.396. The number of carbonyl (C=O) groups is 1. The minimum Gasteiger partial charge on any atom is -0.322 e. The number of hydrogen-bond acceptors (Lipinski definition) is 3. The van der Waals surface area contributed by atoms with Gasteiger partial charge in [-0.3, -0.25) is 4.79 Å². The third kappa shape index (κ3) is 4.40. The quantitative estimate of drug-likeness (QED) is 0.817. The van der Waals surface area contributed by atoms with Gasteiger partial charge in [0.15, 0.2) is 0 Å². The van der Waals surface area contributed by atoms with E-state index < -0.39 is 22.5 Å². The third-order valence-electron chi connectivity index (χ3n) is 3.12. The summed E-state index contributed by atoms with van der Waals surface area (Å²) >= 11 is 17.7. The van der Waals surface area contributed by atoms with E-state index in [4.69, 9.17) is 34.8 Å². The highest BCUT2D eigenvalue weighted by molar-refractivity contribution is 7.89. The SMILES string of the molecule is CN(CC(=O)Nc1c(Cl)cccc1Cl)S(=O)(=O)c1ccc(Cl)cc1. The fourth-order valence-electron chi connectivity index (χ4n) is 1.87. The fourth-order valence-corrected chi connectivity index (χ4v) is 3.61. The van der Waals surface area contributed by atoms with Crippen molar-refractivity contribution in [2.45, 2.75) is 4.90 Å². The molecule has 2 aromatic rings. The molecule has 9 heteroatoms. The van der Waals surface area contributed by atoms with E-state index in [-0.39, 0.29) is 20.6 Å². The summed E-state index contributed by atoms with van der Waals surface area (Å²) < 4.78 is 25.8. The molecule has 2 aromatic carbocycles. The molecule has 0 saturated carbocycles. The van der Waals surface area contributed by atoms with Crippen LogP contribution in [0.1, 0.15) is 0 Å². The van der Waals surface area contributed by atoms with Crippen LogP contribution in [-0.2, 0) is 14.8 Å². The molecule has 0 fully saturated rings. The van der Waals surface area contributed by atoms with Crippen molar-refractivity contribution in [3.8, 4) is 0 Å². The normalized spacial score (nSPS) is 11.5. The number of sulfonamides is 1. The largest absolute Gasteiger partial charge is 0.322 e. The van der Waals surface area contributed by atoms with Gasteiger partial charge in [0.25, 0.3) is 0 Å². The van der Waals surface area contributed by atoms with Gasteiger partial charge in [0, 0.05) is 12.1 Å². The Balaban J connectivity index is 2.12. The number of amides is 1. The third-order valence-corrected chi connectivity index (χ3v) is 5.81. The highest BCUT2D eigenvalue weighted by Gasteiger charge is 2.23. The molecule has 0 aromatic heterocycles. The molecular weight excluding hydrogens is 395 g/mol. The van der Waals surface area contributed by atoms with Crippen LogP contribution in [-0.4, -0.2) is 32.2 Å². The fraction of sp³-hybridized carbons (Fsp3) is 0.133. The molecular formula is C15H13Cl3N2O3S. The van der Waals surface area contributed by atoms with E-state index in [1.54, 1.807) is 18.2 Å². The van der Waals surface area contributed by atoms with Gasteiger partial charge in [-0.1, -0.05) is 40.9 Å². The van der Waals surface area contributed by atoms with Crippen molar-refractivity contribution >= 4 is 56.4 Å². The molecule has 1 amide bonds. The molecule has 0 radical (unpaired) electrons. The smallest absolute Gasteiger partial charge is 0.243 e. The van der Waals surface area contributed by atoms with Crippen molar-refractivity contribution < 1.29 is 13.2 Å². The number of halogens is 3. The van der Waals surface area contributed by atoms with Crippen LogP contribution in [0.2, 0.25) is 15.1 Å². The Labute approximate surface area is 155 Å². The highest BCUT2D eigenvalue weighted by atomic mass is 35.5. The standard InChI is InChI=1S/C15H13Cl3N2O3S/c1-20(24(22,23)11-7-5-10(16)6-8-11)9-14(21)19-15-12(17)3-2-4-13(15)18/h2-8H,9H2,1H3,(H,19,21). The summed E-state index contributed by atoms with van der Waals surface area (Å²) in [5.74, 6) is -0.565. The number of nitrogens with one attached hydrogen (secondary N) is 1. The lowest BCUT2D eigenvalue weighted by atomic mass is 10.3. The van der Waals surface area contributed by atoms with Crippen molar-refractivity contribution in [2.24, 2.45) is 0 Å². The summed E-state index contributed by atoms with van der Waals surface area (Å²) in [6, 6.07) is 10.4. The molecule has 0 bridgehead atoms. The molecule has 0 aliphatic heterocycles. The number of benzene rings is 2. The number of hydrogen-bond donors (Lipinski definition) is 1. The van der Waals surface area contributed by atoms with Gasteiger partial charge in [0.1, 0.15) is 0 Å². The first kappa shape index (κ1) is 19.0. The molecule has 0 saturated heterocycles. The molecule has 24 heavy (non-hydrogen) atoms. The number of nitrogens with zero attached hydrogens (tertiary/aromatic N) is 1. The maximum atomic E-state index is 12.4. The Morgan fingerprint density at radius 1 is 1.04 bits per heavy atom. The molecule has 0 heterocycles. The Kier molecular flexibility index (Phi) is 6.11. The Hall–Kier alpha value is -1.31. The molecule has 2 rings (SSSR count). The van der Waals surface area contributed by atoms with Crippen LogP contribution in [0.5, 0.6) is 0 Å². The summed E-state index contributed by atoms with van der Waals surface area (Å²) in [5, 5.41) is 3.46. The molecule has 0 aliphatic rings. The zero-order valence-corrected chi connectivity index (χ0v) is 15.5. The Morgan fingerprint density at radius 3 is 2.12 bits per heavy atom. The Morgan fingerprint density at radius 2 is 1.58 bits per heavy atom. The lowest BCUT2D eigenvalue weighted by Crippen LogP contribution is -2.35. The predicted octanol–water partition coefficient (Wildman–Crippen LogP) is 3.91. The van der Waals surface area contributed by atoms with Crippen LogP contribution in [0.3, 0.4) is 0 Å².